The molecular formula is C19H17BrN2O5. The molecule has 1 aliphatic rings. The molecule has 1 saturated heterocycles. The quantitative estimate of drug-likeness (QED) is 0.731. The van der Waals surface area contributed by atoms with Crippen LogP contribution in [0.15, 0.2) is 53.0 Å². The second kappa shape index (κ2) is 8.22. The summed E-state index contributed by atoms with van der Waals surface area (Å²) >= 11 is 3.33. The first-order chi connectivity index (χ1) is 12.9. The van der Waals surface area contributed by atoms with Crippen LogP contribution in [0.25, 0.3) is 0 Å². The van der Waals surface area contributed by atoms with Gasteiger partial charge in [-0.2, -0.15) is 0 Å². The van der Waals surface area contributed by atoms with Gasteiger partial charge in [0.2, 0.25) is 5.91 Å². The molecule has 0 unspecified atom stereocenters. The molecule has 0 aromatic heterocycles. The predicted molar refractivity (Wildman–Crippen MR) is 103 cm³/mol. The summed E-state index contributed by atoms with van der Waals surface area (Å²) in [6, 6.07) is 13.8. The third kappa shape index (κ3) is 4.85. The number of anilines is 2. The van der Waals surface area contributed by atoms with Gasteiger partial charge in [0.15, 0.2) is 6.61 Å². The molecule has 0 bridgehead atoms. The molecule has 7 nitrogen and oxygen atoms in total. The molecular weight excluding hydrogens is 416 g/mol. The van der Waals surface area contributed by atoms with Gasteiger partial charge in [-0.15, -0.1) is 0 Å². The Bertz CT molecular complexity index is 851. The fraction of sp³-hybridized carbons (Fsp3) is 0.211. The van der Waals surface area contributed by atoms with E-state index >= 15 is 0 Å². The summed E-state index contributed by atoms with van der Waals surface area (Å²) in [5.41, 5.74) is 1.28. The Balaban J connectivity index is 1.53. The SMILES string of the molecule is O=C(COc1ccc(N2C[C@@H](C(=O)O)CC2=O)cc1)Nc1ccc(Br)cc1. The molecule has 2 aromatic carbocycles. The van der Waals surface area contributed by atoms with E-state index in [9.17, 15) is 14.4 Å². The van der Waals surface area contributed by atoms with Crippen LogP contribution in [-0.4, -0.2) is 36.0 Å². The number of ether oxygens (including phenoxy) is 1. The second-order valence-corrected chi connectivity index (χ2v) is 7.00. The van der Waals surface area contributed by atoms with E-state index in [2.05, 4.69) is 21.2 Å². The third-order valence-corrected chi connectivity index (χ3v) is 4.65. The number of carbonyl (C=O) groups is 3. The Morgan fingerprint density at radius 3 is 2.41 bits per heavy atom. The van der Waals surface area contributed by atoms with Crippen molar-refractivity contribution in [3.8, 4) is 5.75 Å². The van der Waals surface area contributed by atoms with E-state index in [0.29, 0.717) is 17.1 Å². The largest absolute Gasteiger partial charge is 0.484 e. The summed E-state index contributed by atoms with van der Waals surface area (Å²) in [4.78, 5) is 36.4. The molecule has 1 fully saturated rings. The molecule has 0 radical (unpaired) electrons. The highest BCUT2D eigenvalue weighted by Crippen LogP contribution is 2.27. The monoisotopic (exact) mass is 432 g/mol. The lowest BCUT2D eigenvalue weighted by Crippen LogP contribution is -2.25. The topological polar surface area (TPSA) is 95.9 Å². The van der Waals surface area contributed by atoms with E-state index in [1.807, 2.05) is 12.1 Å². The number of hydrogen-bond acceptors (Lipinski definition) is 4. The van der Waals surface area contributed by atoms with E-state index in [0.717, 1.165) is 4.47 Å². The number of halogens is 1. The van der Waals surface area contributed by atoms with E-state index < -0.39 is 11.9 Å². The molecule has 1 heterocycles. The number of amides is 2. The zero-order chi connectivity index (χ0) is 19.4. The molecule has 1 atom stereocenters. The summed E-state index contributed by atoms with van der Waals surface area (Å²) in [7, 11) is 0. The molecule has 27 heavy (non-hydrogen) atoms. The van der Waals surface area contributed by atoms with Crippen LogP contribution >= 0.6 is 15.9 Å². The van der Waals surface area contributed by atoms with Crippen LogP contribution in [0.5, 0.6) is 5.75 Å². The smallest absolute Gasteiger partial charge is 0.308 e. The Kier molecular flexibility index (Phi) is 5.75. The van der Waals surface area contributed by atoms with Crippen molar-refractivity contribution in [3.63, 3.8) is 0 Å². The van der Waals surface area contributed by atoms with E-state index in [1.165, 1.54) is 4.90 Å². The van der Waals surface area contributed by atoms with Crippen molar-refractivity contribution in [2.24, 2.45) is 5.92 Å². The summed E-state index contributed by atoms with van der Waals surface area (Å²) < 4.78 is 6.37. The van der Waals surface area contributed by atoms with E-state index in [1.54, 1.807) is 36.4 Å². The highest BCUT2D eigenvalue weighted by atomic mass is 79.9. The van der Waals surface area contributed by atoms with Gasteiger partial charge < -0.3 is 20.1 Å². The lowest BCUT2D eigenvalue weighted by atomic mass is 10.1. The maximum atomic E-state index is 12.0. The fourth-order valence-electron chi connectivity index (χ4n) is 2.72. The lowest BCUT2D eigenvalue weighted by molar-refractivity contribution is -0.141. The molecule has 3 rings (SSSR count). The molecule has 2 aromatic rings. The van der Waals surface area contributed by atoms with Crippen LogP contribution in [0.3, 0.4) is 0 Å². The normalized spacial score (nSPS) is 16.3. The van der Waals surface area contributed by atoms with Gasteiger partial charge >= 0.3 is 5.97 Å². The average Bonchev–Trinajstić information content (AvgIpc) is 3.04. The van der Waals surface area contributed by atoms with Crippen LogP contribution in [0, 0.1) is 5.92 Å². The van der Waals surface area contributed by atoms with Gasteiger partial charge in [-0.1, -0.05) is 15.9 Å². The van der Waals surface area contributed by atoms with E-state index in [-0.39, 0.29) is 31.4 Å². The summed E-state index contributed by atoms with van der Waals surface area (Å²) in [5, 5.41) is 11.8. The van der Waals surface area contributed by atoms with Crippen molar-refractivity contribution in [1.29, 1.82) is 0 Å². The maximum Gasteiger partial charge on any atom is 0.308 e. The van der Waals surface area contributed by atoms with Gasteiger partial charge in [0.1, 0.15) is 5.75 Å². The average molecular weight is 433 g/mol. The van der Waals surface area contributed by atoms with Crippen molar-refractivity contribution in [3.05, 3.63) is 53.0 Å². The van der Waals surface area contributed by atoms with Crippen molar-refractivity contribution < 1.29 is 24.2 Å². The fourth-order valence-corrected chi connectivity index (χ4v) is 2.99. The minimum Gasteiger partial charge on any atom is -0.484 e. The van der Waals surface area contributed by atoms with Crippen LogP contribution < -0.4 is 15.0 Å². The number of rotatable bonds is 6. The Morgan fingerprint density at radius 1 is 1.15 bits per heavy atom. The number of nitrogens with zero attached hydrogens (tertiary/aromatic N) is 1. The molecule has 140 valence electrons. The third-order valence-electron chi connectivity index (χ3n) is 4.12. The molecule has 0 spiro atoms. The molecule has 2 amide bonds. The van der Waals surface area contributed by atoms with Gasteiger partial charge in [-0.05, 0) is 48.5 Å². The Labute approximate surface area is 164 Å². The summed E-state index contributed by atoms with van der Waals surface area (Å²) in [6.07, 6.45) is 0.00378. The van der Waals surface area contributed by atoms with Gasteiger partial charge in [0.05, 0.1) is 5.92 Å². The summed E-state index contributed by atoms with van der Waals surface area (Å²) in [5.74, 6) is -1.69. The van der Waals surface area contributed by atoms with Gasteiger partial charge in [0, 0.05) is 28.8 Å². The van der Waals surface area contributed by atoms with Crippen LogP contribution in [0.2, 0.25) is 0 Å². The Hall–Kier alpha value is -2.87. The van der Waals surface area contributed by atoms with Crippen molar-refractivity contribution in [2.75, 3.05) is 23.4 Å². The van der Waals surface area contributed by atoms with Crippen LogP contribution in [-0.2, 0) is 14.4 Å². The van der Waals surface area contributed by atoms with Crippen molar-refractivity contribution in [2.45, 2.75) is 6.42 Å². The zero-order valence-corrected chi connectivity index (χ0v) is 15.8. The molecule has 8 heteroatoms. The minimum absolute atomic E-state index is 0.00378. The number of nitrogens with one attached hydrogen (secondary N) is 1. The molecule has 1 aliphatic heterocycles. The van der Waals surface area contributed by atoms with Gasteiger partial charge in [-0.3, -0.25) is 14.4 Å². The van der Waals surface area contributed by atoms with Gasteiger partial charge in [-0.25, -0.2) is 0 Å². The highest BCUT2D eigenvalue weighted by Gasteiger charge is 2.34. The second-order valence-electron chi connectivity index (χ2n) is 6.08. The number of benzene rings is 2. The number of carboxylic acid groups (broad SMARTS) is 1. The zero-order valence-electron chi connectivity index (χ0n) is 14.2. The molecule has 0 aliphatic carbocycles. The Morgan fingerprint density at radius 2 is 1.81 bits per heavy atom. The maximum absolute atomic E-state index is 12.0. The van der Waals surface area contributed by atoms with E-state index in [4.69, 9.17) is 9.84 Å². The number of aliphatic carboxylic acids is 1. The summed E-state index contributed by atoms with van der Waals surface area (Å²) in [6.45, 7) is 0.00309. The first-order valence-corrected chi connectivity index (χ1v) is 9.03. The lowest BCUT2D eigenvalue weighted by Gasteiger charge is -2.16. The number of carbonyl (C=O) groups excluding carboxylic acids is 2. The van der Waals surface area contributed by atoms with Crippen molar-refractivity contribution in [1.82, 2.24) is 0 Å². The first-order valence-electron chi connectivity index (χ1n) is 8.24. The minimum atomic E-state index is -0.970. The number of hydrogen-bond donors (Lipinski definition) is 2. The molecule has 0 saturated carbocycles. The molecule has 2 N–H and O–H groups in total. The van der Waals surface area contributed by atoms with Crippen LogP contribution in [0.1, 0.15) is 6.42 Å². The van der Waals surface area contributed by atoms with Crippen molar-refractivity contribution >= 4 is 45.1 Å². The van der Waals surface area contributed by atoms with Crippen LogP contribution in [0.4, 0.5) is 11.4 Å². The predicted octanol–water partition coefficient (Wildman–Crippen LogP) is 2.90. The number of carboxylic acids is 1. The van der Waals surface area contributed by atoms with Gasteiger partial charge in [0.25, 0.3) is 5.91 Å². The first kappa shape index (κ1) is 18.9. The highest BCUT2D eigenvalue weighted by molar-refractivity contribution is 9.10. The standard InChI is InChI=1S/C19H17BrN2O5/c20-13-1-3-14(4-2-13)21-17(23)11-27-16-7-5-15(6-8-16)22-10-12(19(25)26)9-18(22)24/h1-8,12H,9-11H2,(H,21,23)(H,25,26)/t12-/m0/s1.